The number of hydrogen-bond donors (Lipinski definition) is 1. The molecule has 2 aliphatic rings. The molecule has 0 bridgehead atoms. The lowest BCUT2D eigenvalue weighted by molar-refractivity contribution is 0.613. The van der Waals surface area contributed by atoms with Gasteiger partial charge in [0.05, 0.1) is 0 Å². The summed E-state index contributed by atoms with van der Waals surface area (Å²) >= 11 is 0. The Balaban J connectivity index is 2.09. The number of hydrogen-bond acceptors (Lipinski definition) is 5. The summed E-state index contributed by atoms with van der Waals surface area (Å²) in [6, 6.07) is 7.78. The molecule has 0 aliphatic carbocycles. The topological polar surface area (TPSA) is 98.5 Å². The summed E-state index contributed by atoms with van der Waals surface area (Å²) < 4.78 is 2.48. The standard InChI is InChI=1S/C16H14N6O2/c1-3-22-14-12(15(23)21(2)16(24)19-14)18-13(20-22)10-8-17-11-7-5-4-6-9(10)11/h4-8,17H,3H2,1-2H3. The molecule has 120 valence electrons. The van der Waals surface area contributed by atoms with Crippen LogP contribution in [0.2, 0.25) is 0 Å². The normalized spacial score (nSPS) is 11.4. The average Bonchev–Trinajstić information content (AvgIpc) is 3.03. The van der Waals surface area contributed by atoms with Crippen LogP contribution in [0, 0.1) is 0 Å². The third kappa shape index (κ3) is 1.96. The van der Waals surface area contributed by atoms with Gasteiger partial charge in [0.25, 0.3) is 5.56 Å². The van der Waals surface area contributed by atoms with Gasteiger partial charge in [-0.3, -0.25) is 9.36 Å². The zero-order valence-electron chi connectivity index (χ0n) is 13.1. The highest BCUT2D eigenvalue weighted by Gasteiger charge is 2.21. The molecule has 0 saturated heterocycles. The molecule has 8 heteroatoms. The molecule has 2 aliphatic heterocycles. The number of nitrogens with zero attached hydrogens (tertiary/aromatic N) is 5. The minimum Gasteiger partial charge on any atom is -0.360 e. The Morgan fingerprint density at radius 3 is 2.75 bits per heavy atom. The highest BCUT2D eigenvalue weighted by atomic mass is 16.2. The minimum atomic E-state index is -0.613. The second kappa shape index (κ2) is 5.12. The van der Waals surface area contributed by atoms with Gasteiger partial charge in [0.1, 0.15) is 0 Å². The maximum atomic E-state index is 12.4. The van der Waals surface area contributed by atoms with Gasteiger partial charge in [-0.1, -0.05) is 18.2 Å². The Bertz CT molecular complexity index is 1150. The zero-order valence-corrected chi connectivity index (χ0v) is 13.1. The predicted molar refractivity (Wildman–Crippen MR) is 88.9 cm³/mol. The summed E-state index contributed by atoms with van der Waals surface area (Å²) in [4.78, 5) is 35.7. The minimum absolute atomic E-state index is 0.134. The Labute approximate surface area is 135 Å². The van der Waals surface area contributed by atoms with Crippen molar-refractivity contribution in [3.63, 3.8) is 0 Å². The van der Waals surface area contributed by atoms with Gasteiger partial charge in [-0.25, -0.2) is 14.5 Å². The fourth-order valence-electron chi connectivity index (χ4n) is 2.72. The van der Waals surface area contributed by atoms with Crippen molar-refractivity contribution < 1.29 is 0 Å². The Kier molecular flexibility index (Phi) is 3.05. The van der Waals surface area contributed by atoms with Crippen LogP contribution in [0.4, 0.5) is 0 Å². The first-order valence-electron chi connectivity index (χ1n) is 7.52. The van der Waals surface area contributed by atoms with Crippen molar-refractivity contribution >= 4 is 10.9 Å². The summed E-state index contributed by atoms with van der Waals surface area (Å²) in [6.07, 6.45) is 1.81. The first-order chi connectivity index (χ1) is 11.6. The van der Waals surface area contributed by atoms with Crippen LogP contribution in [0.3, 0.4) is 0 Å². The number of aromatic amines is 1. The van der Waals surface area contributed by atoms with Gasteiger partial charge in [0.2, 0.25) is 0 Å². The van der Waals surface area contributed by atoms with Crippen LogP contribution in [-0.2, 0) is 13.6 Å². The predicted octanol–water partition coefficient (Wildman–Crippen LogP) is 1.00. The lowest BCUT2D eigenvalue weighted by Gasteiger charge is -2.12. The Morgan fingerprint density at radius 2 is 1.96 bits per heavy atom. The molecule has 0 fully saturated rings. The highest BCUT2D eigenvalue weighted by molar-refractivity contribution is 5.93. The second-order valence-electron chi connectivity index (χ2n) is 5.43. The summed E-state index contributed by atoms with van der Waals surface area (Å²) in [5.74, 6) is 0.619. The molecule has 0 amide bonds. The maximum Gasteiger partial charge on any atom is 0.352 e. The van der Waals surface area contributed by atoms with E-state index >= 15 is 0 Å². The van der Waals surface area contributed by atoms with Crippen molar-refractivity contribution in [2.24, 2.45) is 7.05 Å². The van der Waals surface area contributed by atoms with E-state index in [1.165, 1.54) is 11.7 Å². The molecular weight excluding hydrogens is 308 g/mol. The third-order valence-corrected chi connectivity index (χ3v) is 4.01. The fraction of sp³-hybridized carbons (Fsp3) is 0.188. The molecule has 8 nitrogen and oxygen atoms in total. The molecule has 3 heterocycles. The number of aromatic nitrogens is 6. The van der Waals surface area contributed by atoms with Crippen molar-refractivity contribution in [1.29, 1.82) is 0 Å². The molecule has 4 rings (SSSR count). The molecular formula is C16H14N6O2. The van der Waals surface area contributed by atoms with Gasteiger partial charge in [-0.15, -0.1) is 0 Å². The molecule has 0 unspecified atom stereocenters. The smallest absolute Gasteiger partial charge is 0.352 e. The summed E-state index contributed by atoms with van der Waals surface area (Å²) in [6.45, 7) is 2.34. The number of H-pyrrole nitrogens is 1. The van der Waals surface area contributed by atoms with Gasteiger partial charge in [-0.05, 0) is 13.0 Å². The van der Waals surface area contributed by atoms with Crippen LogP contribution < -0.4 is 11.2 Å². The van der Waals surface area contributed by atoms with E-state index in [4.69, 9.17) is 0 Å². The average molecular weight is 322 g/mol. The van der Waals surface area contributed by atoms with Gasteiger partial charge in [-0.2, -0.15) is 10.1 Å². The number of rotatable bonds is 2. The van der Waals surface area contributed by atoms with Crippen molar-refractivity contribution in [1.82, 2.24) is 29.3 Å². The quantitative estimate of drug-likeness (QED) is 0.594. The van der Waals surface area contributed by atoms with E-state index in [-0.39, 0.29) is 11.5 Å². The van der Waals surface area contributed by atoms with Crippen molar-refractivity contribution in [3.8, 4) is 22.9 Å². The van der Waals surface area contributed by atoms with Crippen molar-refractivity contribution in [2.75, 3.05) is 0 Å². The molecule has 1 aromatic carbocycles. The van der Waals surface area contributed by atoms with Gasteiger partial charge >= 0.3 is 5.69 Å². The summed E-state index contributed by atoms with van der Waals surface area (Å²) in [5, 5.41) is 5.42. The fourth-order valence-corrected chi connectivity index (χ4v) is 2.72. The van der Waals surface area contributed by atoms with Crippen LogP contribution in [0.25, 0.3) is 33.8 Å². The van der Waals surface area contributed by atoms with E-state index in [0.717, 1.165) is 21.0 Å². The molecule has 24 heavy (non-hydrogen) atoms. The van der Waals surface area contributed by atoms with Gasteiger partial charge in [0.15, 0.2) is 17.3 Å². The zero-order chi connectivity index (χ0) is 16.8. The number of nitrogens with one attached hydrogen (secondary N) is 1. The molecule has 0 saturated carbocycles. The van der Waals surface area contributed by atoms with E-state index in [9.17, 15) is 9.59 Å². The lowest BCUT2D eigenvalue weighted by Crippen LogP contribution is -2.37. The van der Waals surface area contributed by atoms with Crippen LogP contribution in [0.1, 0.15) is 6.92 Å². The van der Waals surface area contributed by atoms with Crippen LogP contribution >= 0.6 is 0 Å². The first-order valence-corrected chi connectivity index (χ1v) is 7.52. The van der Waals surface area contributed by atoms with Gasteiger partial charge in [0, 0.05) is 36.3 Å². The maximum absolute atomic E-state index is 12.4. The van der Waals surface area contributed by atoms with E-state index in [1.807, 2.05) is 37.4 Å². The number of benzene rings is 1. The molecule has 0 radical (unpaired) electrons. The molecule has 1 aromatic heterocycles. The van der Waals surface area contributed by atoms with Crippen LogP contribution in [-0.4, -0.2) is 29.3 Å². The molecule has 1 N–H and O–H groups in total. The monoisotopic (exact) mass is 322 g/mol. The Hall–Kier alpha value is -3.29. The van der Waals surface area contributed by atoms with E-state index in [2.05, 4.69) is 20.1 Å². The number of fused-ring (bicyclic) bond motifs is 2. The SMILES string of the molecule is CCn1nc(-c2c[nH]c3ccccc23)nc2c(=O)n(C)c(=O)nc1-2. The second-order valence-corrected chi connectivity index (χ2v) is 5.43. The van der Waals surface area contributed by atoms with Crippen LogP contribution in [0.15, 0.2) is 40.1 Å². The van der Waals surface area contributed by atoms with Crippen molar-refractivity contribution in [2.45, 2.75) is 13.5 Å². The summed E-state index contributed by atoms with van der Waals surface area (Å²) in [5.41, 5.74) is 0.797. The van der Waals surface area contributed by atoms with Crippen LogP contribution in [0.5, 0.6) is 0 Å². The van der Waals surface area contributed by atoms with Gasteiger partial charge < -0.3 is 4.98 Å². The molecule has 2 aromatic rings. The molecule has 0 atom stereocenters. The number of aryl methyl sites for hydroxylation is 1. The van der Waals surface area contributed by atoms with E-state index in [0.29, 0.717) is 12.4 Å². The third-order valence-electron chi connectivity index (χ3n) is 4.01. The largest absolute Gasteiger partial charge is 0.360 e. The lowest BCUT2D eigenvalue weighted by atomic mass is 10.1. The Morgan fingerprint density at radius 1 is 1.17 bits per heavy atom. The first kappa shape index (κ1) is 14.3. The van der Waals surface area contributed by atoms with E-state index < -0.39 is 11.2 Å². The van der Waals surface area contributed by atoms with E-state index in [1.54, 1.807) is 0 Å². The highest BCUT2D eigenvalue weighted by Crippen LogP contribution is 2.26. The number of para-hydroxylation sites is 1. The summed E-state index contributed by atoms with van der Waals surface area (Å²) in [7, 11) is 1.39. The van der Waals surface area contributed by atoms with Crippen molar-refractivity contribution in [3.05, 3.63) is 51.3 Å². The molecule has 0 spiro atoms.